The predicted molar refractivity (Wildman–Crippen MR) is 109 cm³/mol. The molecule has 3 rings (SSSR count). The standard InChI is InChI=1S/C21H23F3N2O4S/c1-30-19-10-9-17(31(28,29)26-11-3-2-4-12-26)14-18(19)25-20(27)13-15-5-7-16(8-6-15)21(22,23)24/h5-10,14H,2-4,11-13H2,1H3,(H,25,27). The lowest BCUT2D eigenvalue weighted by Crippen LogP contribution is -2.35. The van der Waals surface area contributed by atoms with Gasteiger partial charge in [0, 0.05) is 13.1 Å². The zero-order valence-corrected chi connectivity index (χ0v) is 17.7. The molecule has 6 nitrogen and oxygen atoms in total. The average Bonchev–Trinajstić information content (AvgIpc) is 2.74. The molecule has 168 valence electrons. The molecule has 0 aromatic heterocycles. The van der Waals surface area contributed by atoms with Gasteiger partial charge >= 0.3 is 6.18 Å². The molecule has 31 heavy (non-hydrogen) atoms. The van der Waals surface area contributed by atoms with E-state index in [-0.39, 0.29) is 22.8 Å². The van der Waals surface area contributed by atoms with Crippen molar-refractivity contribution in [2.45, 2.75) is 36.8 Å². The van der Waals surface area contributed by atoms with E-state index in [0.717, 1.165) is 31.4 Å². The van der Waals surface area contributed by atoms with Crippen molar-refractivity contribution in [3.63, 3.8) is 0 Å². The van der Waals surface area contributed by atoms with Crippen molar-refractivity contribution >= 4 is 21.6 Å². The Bertz CT molecular complexity index is 1030. The van der Waals surface area contributed by atoms with Crippen molar-refractivity contribution in [3.8, 4) is 5.75 Å². The summed E-state index contributed by atoms with van der Waals surface area (Å²) in [5, 5.41) is 2.60. The lowest BCUT2D eigenvalue weighted by Gasteiger charge is -2.26. The van der Waals surface area contributed by atoms with Crippen LogP contribution in [0.25, 0.3) is 0 Å². The maximum absolute atomic E-state index is 12.9. The van der Waals surface area contributed by atoms with Crippen LogP contribution in [0.3, 0.4) is 0 Å². The van der Waals surface area contributed by atoms with Crippen LogP contribution in [-0.4, -0.2) is 38.8 Å². The first-order chi connectivity index (χ1) is 14.6. The maximum Gasteiger partial charge on any atom is 0.416 e. The second-order valence-electron chi connectivity index (χ2n) is 7.25. The van der Waals surface area contributed by atoms with Gasteiger partial charge in [0.2, 0.25) is 15.9 Å². The van der Waals surface area contributed by atoms with E-state index < -0.39 is 27.7 Å². The third-order valence-electron chi connectivity index (χ3n) is 5.04. The number of carbonyl (C=O) groups excluding carboxylic acids is 1. The summed E-state index contributed by atoms with van der Waals surface area (Å²) in [5.41, 5.74) is -0.229. The van der Waals surface area contributed by atoms with E-state index in [1.807, 2.05) is 0 Å². The first-order valence-corrected chi connectivity index (χ1v) is 11.2. The molecular formula is C21H23F3N2O4S. The second-order valence-corrected chi connectivity index (χ2v) is 9.18. The van der Waals surface area contributed by atoms with Gasteiger partial charge in [-0.05, 0) is 48.7 Å². The lowest BCUT2D eigenvalue weighted by molar-refractivity contribution is -0.137. The fourth-order valence-electron chi connectivity index (χ4n) is 3.39. The molecule has 1 aliphatic rings. The molecule has 0 spiro atoms. The van der Waals surface area contributed by atoms with E-state index in [1.165, 1.54) is 41.7 Å². The molecule has 0 saturated carbocycles. The first kappa shape index (κ1) is 23.1. The molecule has 0 radical (unpaired) electrons. The number of amides is 1. The number of carbonyl (C=O) groups is 1. The monoisotopic (exact) mass is 456 g/mol. The summed E-state index contributed by atoms with van der Waals surface area (Å²) < 4.78 is 70.5. The zero-order chi connectivity index (χ0) is 22.6. The fraction of sp³-hybridized carbons (Fsp3) is 0.381. The third kappa shape index (κ3) is 5.56. The van der Waals surface area contributed by atoms with E-state index in [0.29, 0.717) is 18.7 Å². The fourth-order valence-corrected chi connectivity index (χ4v) is 4.93. The summed E-state index contributed by atoms with van der Waals surface area (Å²) in [5.74, 6) is -0.232. The van der Waals surface area contributed by atoms with Gasteiger partial charge in [0.15, 0.2) is 0 Å². The molecule has 1 N–H and O–H groups in total. The van der Waals surface area contributed by atoms with Gasteiger partial charge in [-0.25, -0.2) is 8.42 Å². The lowest BCUT2D eigenvalue weighted by atomic mass is 10.1. The van der Waals surface area contributed by atoms with Gasteiger partial charge < -0.3 is 10.1 Å². The minimum atomic E-state index is -4.45. The van der Waals surface area contributed by atoms with E-state index in [4.69, 9.17) is 4.74 Å². The summed E-state index contributed by atoms with van der Waals surface area (Å²) in [4.78, 5) is 12.5. The number of rotatable bonds is 6. The zero-order valence-electron chi connectivity index (χ0n) is 16.9. The Labute approximate surface area is 179 Å². The molecule has 0 aliphatic carbocycles. The maximum atomic E-state index is 12.9. The van der Waals surface area contributed by atoms with Crippen molar-refractivity contribution in [1.29, 1.82) is 0 Å². The van der Waals surface area contributed by atoms with Crippen molar-refractivity contribution in [3.05, 3.63) is 53.6 Å². The quantitative estimate of drug-likeness (QED) is 0.711. The van der Waals surface area contributed by atoms with Gasteiger partial charge in [0.1, 0.15) is 5.75 Å². The Morgan fingerprint density at radius 3 is 2.29 bits per heavy atom. The van der Waals surface area contributed by atoms with Crippen LogP contribution in [0.15, 0.2) is 47.4 Å². The van der Waals surface area contributed by atoms with Gasteiger partial charge in [-0.1, -0.05) is 18.6 Å². The molecule has 0 bridgehead atoms. The first-order valence-electron chi connectivity index (χ1n) is 9.75. The predicted octanol–water partition coefficient (Wildman–Crippen LogP) is 4.07. The molecule has 2 aromatic rings. The summed E-state index contributed by atoms with van der Waals surface area (Å²) >= 11 is 0. The Kier molecular flexibility index (Phi) is 6.90. The summed E-state index contributed by atoms with van der Waals surface area (Å²) in [7, 11) is -2.31. The van der Waals surface area contributed by atoms with Crippen LogP contribution in [0, 0.1) is 0 Å². The van der Waals surface area contributed by atoms with Gasteiger partial charge in [-0.3, -0.25) is 4.79 Å². The Balaban J connectivity index is 1.77. The highest BCUT2D eigenvalue weighted by atomic mass is 32.2. The number of benzene rings is 2. The van der Waals surface area contributed by atoms with Crippen molar-refractivity contribution in [1.82, 2.24) is 4.31 Å². The summed E-state index contributed by atoms with van der Waals surface area (Å²) in [6.45, 7) is 0.897. The number of alkyl halides is 3. The molecule has 1 amide bonds. The van der Waals surface area contributed by atoms with Crippen LogP contribution in [0.2, 0.25) is 0 Å². The SMILES string of the molecule is COc1ccc(S(=O)(=O)N2CCCCC2)cc1NC(=O)Cc1ccc(C(F)(F)F)cc1. The van der Waals surface area contributed by atoms with Crippen LogP contribution in [0.4, 0.5) is 18.9 Å². The number of nitrogens with zero attached hydrogens (tertiary/aromatic N) is 1. The van der Waals surface area contributed by atoms with Gasteiger partial charge in [-0.2, -0.15) is 17.5 Å². The van der Waals surface area contributed by atoms with Crippen LogP contribution < -0.4 is 10.1 Å². The molecule has 10 heteroatoms. The normalized spacial score (nSPS) is 15.5. The number of halogens is 3. The molecule has 2 aromatic carbocycles. The largest absolute Gasteiger partial charge is 0.495 e. The van der Waals surface area contributed by atoms with Gasteiger partial charge in [0.25, 0.3) is 0 Å². The highest BCUT2D eigenvalue weighted by Crippen LogP contribution is 2.31. The number of sulfonamides is 1. The topological polar surface area (TPSA) is 75.7 Å². The average molecular weight is 456 g/mol. The third-order valence-corrected chi connectivity index (χ3v) is 6.94. The van der Waals surface area contributed by atoms with E-state index in [9.17, 15) is 26.4 Å². The van der Waals surface area contributed by atoms with Crippen molar-refractivity contribution in [2.24, 2.45) is 0 Å². The molecule has 1 heterocycles. The highest BCUT2D eigenvalue weighted by Gasteiger charge is 2.30. The molecule has 1 saturated heterocycles. The van der Waals surface area contributed by atoms with Crippen molar-refractivity contribution in [2.75, 3.05) is 25.5 Å². The van der Waals surface area contributed by atoms with E-state index in [2.05, 4.69) is 5.32 Å². The van der Waals surface area contributed by atoms with Crippen LogP contribution in [0.5, 0.6) is 5.75 Å². The highest BCUT2D eigenvalue weighted by molar-refractivity contribution is 7.89. The number of hydrogen-bond donors (Lipinski definition) is 1. The minimum absolute atomic E-state index is 0.0417. The number of ether oxygens (including phenoxy) is 1. The molecule has 0 atom stereocenters. The smallest absolute Gasteiger partial charge is 0.416 e. The Hall–Kier alpha value is -2.59. The molecular weight excluding hydrogens is 433 g/mol. The van der Waals surface area contributed by atoms with Gasteiger partial charge in [-0.15, -0.1) is 0 Å². The number of piperidine rings is 1. The number of hydrogen-bond acceptors (Lipinski definition) is 4. The van der Waals surface area contributed by atoms with Crippen molar-refractivity contribution < 1.29 is 31.1 Å². The van der Waals surface area contributed by atoms with Gasteiger partial charge in [0.05, 0.1) is 29.7 Å². The Morgan fingerprint density at radius 1 is 1.06 bits per heavy atom. The number of methoxy groups -OCH3 is 1. The Morgan fingerprint density at radius 2 is 1.71 bits per heavy atom. The van der Waals surface area contributed by atoms with Crippen LogP contribution in [-0.2, 0) is 27.4 Å². The van der Waals surface area contributed by atoms with Crippen LogP contribution in [0.1, 0.15) is 30.4 Å². The number of nitrogens with one attached hydrogen (secondary N) is 1. The molecule has 0 unspecified atom stereocenters. The summed E-state index contributed by atoms with van der Waals surface area (Å²) in [6.07, 6.45) is -2.04. The molecule has 1 fully saturated rings. The van der Waals surface area contributed by atoms with Crippen LogP contribution >= 0.6 is 0 Å². The number of anilines is 1. The minimum Gasteiger partial charge on any atom is -0.495 e. The second kappa shape index (κ2) is 9.27. The summed E-state index contributed by atoms with van der Waals surface area (Å²) in [6, 6.07) is 8.52. The van der Waals surface area contributed by atoms with E-state index in [1.54, 1.807) is 0 Å². The molecule has 1 aliphatic heterocycles. The van der Waals surface area contributed by atoms with E-state index >= 15 is 0 Å².